The number of aliphatic carboxylic acids is 2. The molecule has 0 aliphatic rings. The van der Waals surface area contributed by atoms with E-state index in [1.54, 1.807) is 0 Å². The summed E-state index contributed by atoms with van der Waals surface area (Å²) in [6.07, 6.45) is -0.356. The fourth-order valence-corrected chi connectivity index (χ4v) is 1.40. The van der Waals surface area contributed by atoms with Crippen molar-refractivity contribution in [2.75, 3.05) is 0 Å². The van der Waals surface area contributed by atoms with Gasteiger partial charge in [0, 0.05) is 0 Å². The number of hydrogen-bond donors (Lipinski definition) is 4. The second-order valence-electron chi connectivity index (χ2n) is 3.59. The second-order valence-corrected chi connectivity index (χ2v) is 3.59. The number of phenols is 1. The molecule has 0 unspecified atom stereocenters. The monoisotopic (exact) mass is 254 g/mol. The van der Waals surface area contributed by atoms with Gasteiger partial charge >= 0.3 is 17.9 Å². The Bertz CT molecular complexity index is 492. The summed E-state index contributed by atoms with van der Waals surface area (Å²) in [6.45, 7) is 0. The SMILES string of the molecule is O=C(O)c1cc(CC(C(=O)O)C(=O)O)ccc1O. The largest absolute Gasteiger partial charge is 0.507 e. The minimum atomic E-state index is -1.66. The van der Waals surface area contributed by atoms with E-state index in [-0.39, 0.29) is 12.0 Å². The summed E-state index contributed by atoms with van der Waals surface area (Å²) in [4.78, 5) is 32.1. The Morgan fingerprint density at radius 2 is 1.61 bits per heavy atom. The molecule has 7 nitrogen and oxygen atoms in total. The number of aromatic carboxylic acids is 1. The Labute approximate surface area is 101 Å². The highest BCUT2D eigenvalue weighted by Crippen LogP contribution is 2.20. The van der Waals surface area contributed by atoms with Crippen molar-refractivity contribution in [1.29, 1.82) is 0 Å². The van der Waals surface area contributed by atoms with Gasteiger partial charge in [0.2, 0.25) is 0 Å². The lowest BCUT2D eigenvalue weighted by Crippen LogP contribution is -2.25. The van der Waals surface area contributed by atoms with Crippen LogP contribution in [-0.4, -0.2) is 38.3 Å². The number of hydrogen-bond acceptors (Lipinski definition) is 4. The van der Waals surface area contributed by atoms with Gasteiger partial charge in [-0.25, -0.2) is 4.79 Å². The first-order valence-electron chi connectivity index (χ1n) is 4.83. The smallest absolute Gasteiger partial charge is 0.339 e. The molecular formula is C11H10O7. The molecule has 0 aliphatic carbocycles. The summed E-state index contributed by atoms with van der Waals surface area (Å²) in [5.41, 5.74) is -0.193. The van der Waals surface area contributed by atoms with E-state index >= 15 is 0 Å². The topological polar surface area (TPSA) is 132 Å². The van der Waals surface area contributed by atoms with E-state index < -0.39 is 35.1 Å². The van der Waals surface area contributed by atoms with Crippen molar-refractivity contribution in [2.45, 2.75) is 6.42 Å². The average Bonchev–Trinajstić information content (AvgIpc) is 2.26. The molecule has 0 aliphatic heterocycles. The molecule has 1 aromatic rings. The molecule has 0 aromatic heterocycles. The lowest BCUT2D eigenvalue weighted by atomic mass is 9.98. The predicted octanol–water partition coefficient (Wildman–Crippen LogP) is 0.418. The molecule has 7 heteroatoms. The Morgan fingerprint density at radius 1 is 1.06 bits per heavy atom. The third-order valence-corrected chi connectivity index (χ3v) is 2.33. The van der Waals surface area contributed by atoms with Crippen LogP contribution in [0.4, 0.5) is 0 Å². The van der Waals surface area contributed by atoms with Crippen LogP contribution in [0.15, 0.2) is 18.2 Å². The quantitative estimate of drug-likeness (QED) is 0.559. The first-order chi connectivity index (χ1) is 8.32. The van der Waals surface area contributed by atoms with Gasteiger partial charge in [0.1, 0.15) is 11.3 Å². The molecule has 0 bridgehead atoms. The van der Waals surface area contributed by atoms with Crippen LogP contribution in [0.2, 0.25) is 0 Å². The van der Waals surface area contributed by atoms with Crippen LogP contribution in [0.3, 0.4) is 0 Å². The van der Waals surface area contributed by atoms with Gasteiger partial charge in [-0.3, -0.25) is 9.59 Å². The molecule has 1 aromatic carbocycles. The number of aromatic hydroxyl groups is 1. The lowest BCUT2D eigenvalue weighted by molar-refractivity contribution is -0.154. The highest BCUT2D eigenvalue weighted by molar-refractivity contribution is 5.93. The number of benzene rings is 1. The van der Waals surface area contributed by atoms with E-state index in [0.29, 0.717) is 0 Å². The van der Waals surface area contributed by atoms with Crippen LogP contribution in [0.1, 0.15) is 15.9 Å². The average molecular weight is 254 g/mol. The number of carboxylic acid groups (broad SMARTS) is 3. The Balaban J connectivity index is 3.04. The molecule has 0 amide bonds. The first kappa shape index (κ1) is 13.5. The minimum Gasteiger partial charge on any atom is -0.507 e. The van der Waals surface area contributed by atoms with Gasteiger partial charge < -0.3 is 20.4 Å². The van der Waals surface area contributed by atoms with Crippen LogP contribution in [0.5, 0.6) is 5.75 Å². The molecular weight excluding hydrogens is 244 g/mol. The zero-order valence-corrected chi connectivity index (χ0v) is 9.03. The van der Waals surface area contributed by atoms with E-state index in [1.165, 1.54) is 6.07 Å². The van der Waals surface area contributed by atoms with Crippen molar-refractivity contribution >= 4 is 17.9 Å². The van der Waals surface area contributed by atoms with Gasteiger partial charge in [-0.2, -0.15) is 0 Å². The van der Waals surface area contributed by atoms with Crippen LogP contribution in [0, 0.1) is 5.92 Å². The van der Waals surface area contributed by atoms with Crippen LogP contribution in [0.25, 0.3) is 0 Å². The summed E-state index contributed by atoms with van der Waals surface area (Å²) in [6, 6.07) is 3.41. The third kappa shape index (κ3) is 2.97. The molecule has 0 radical (unpaired) electrons. The maximum Gasteiger partial charge on any atom is 0.339 e. The molecule has 96 valence electrons. The Hall–Kier alpha value is -2.57. The van der Waals surface area contributed by atoms with Gasteiger partial charge in [-0.1, -0.05) is 6.07 Å². The normalized spacial score (nSPS) is 10.3. The summed E-state index contributed by atoms with van der Waals surface area (Å²) in [5, 5.41) is 35.4. The zero-order chi connectivity index (χ0) is 13.9. The molecule has 0 atom stereocenters. The molecule has 0 saturated heterocycles. The Kier molecular flexibility index (Phi) is 3.88. The third-order valence-electron chi connectivity index (χ3n) is 2.33. The summed E-state index contributed by atoms with van der Waals surface area (Å²) in [7, 11) is 0. The lowest BCUT2D eigenvalue weighted by Gasteiger charge is -2.08. The fraction of sp³-hybridized carbons (Fsp3) is 0.182. The molecule has 0 spiro atoms. The summed E-state index contributed by atoms with van der Waals surface area (Å²) in [5.74, 6) is -6.51. The van der Waals surface area contributed by atoms with Crippen molar-refractivity contribution < 1.29 is 34.8 Å². The van der Waals surface area contributed by atoms with Crippen molar-refractivity contribution in [3.63, 3.8) is 0 Å². The molecule has 1 rings (SSSR count). The standard InChI is InChI=1S/C11H10O7/c12-8-2-1-5(3-6(8)9(13)14)4-7(10(15)16)11(17)18/h1-3,7,12H,4H2,(H,13,14)(H,15,16)(H,17,18). The second kappa shape index (κ2) is 5.17. The minimum absolute atomic E-state index is 0.208. The van der Waals surface area contributed by atoms with Gasteiger partial charge in [-0.05, 0) is 24.1 Å². The maximum atomic E-state index is 10.7. The molecule has 18 heavy (non-hydrogen) atoms. The fourth-order valence-electron chi connectivity index (χ4n) is 1.40. The van der Waals surface area contributed by atoms with Crippen molar-refractivity contribution in [3.05, 3.63) is 29.3 Å². The zero-order valence-electron chi connectivity index (χ0n) is 9.03. The van der Waals surface area contributed by atoms with E-state index in [0.717, 1.165) is 12.1 Å². The highest BCUT2D eigenvalue weighted by Gasteiger charge is 2.26. The van der Waals surface area contributed by atoms with Gasteiger partial charge in [0.05, 0.1) is 0 Å². The summed E-state index contributed by atoms with van der Waals surface area (Å²) >= 11 is 0. The van der Waals surface area contributed by atoms with E-state index in [1.807, 2.05) is 0 Å². The highest BCUT2D eigenvalue weighted by atomic mass is 16.4. The summed E-state index contributed by atoms with van der Waals surface area (Å²) < 4.78 is 0. The maximum absolute atomic E-state index is 10.7. The number of carbonyl (C=O) groups is 3. The van der Waals surface area contributed by atoms with E-state index in [4.69, 9.17) is 15.3 Å². The molecule has 0 heterocycles. The molecule has 0 fully saturated rings. The van der Waals surface area contributed by atoms with Gasteiger partial charge in [-0.15, -0.1) is 0 Å². The van der Waals surface area contributed by atoms with Crippen LogP contribution in [-0.2, 0) is 16.0 Å². The van der Waals surface area contributed by atoms with Crippen molar-refractivity contribution in [1.82, 2.24) is 0 Å². The van der Waals surface area contributed by atoms with Gasteiger partial charge in [0.15, 0.2) is 5.92 Å². The van der Waals surface area contributed by atoms with Crippen LogP contribution >= 0.6 is 0 Å². The van der Waals surface area contributed by atoms with Gasteiger partial charge in [0.25, 0.3) is 0 Å². The molecule has 0 saturated carbocycles. The van der Waals surface area contributed by atoms with E-state index in [2.05, 4.69) is 0 Å². The van der Waals surface area contributed by atoms with Crippen LogP contribution < -0.4 is 0 Å². The molecule has 4 N–H and O–H groups in total. The van der Waals surface area contributed by atoms with Crippen molar-refractivity contribution in [2.24, 2.45) is 5.92 Å². The number of carboxylic acids is 3. The first-order valence-corrected chi connectivity index (χ1v) is 4.83. The number of rotatable bonds is 5. The van der Waals surface area contributed by atoms with Crippen molar-refractivity contribution in [3.8, 4) is 5.75 Å². The Morgan fingerprint density at radius 3 is 2.06 bits per heavy atom. The van der Waals surface area contributed by atoms with E-state index in [9.17, 15) is 19.5 Å². The predicted molar refractivity (Wildman–Crippen MR) is 57.5 cm³/mol.